The van der Waals surface area contributed by atoms with Gasteiger partial charge in [0.25, 0.3) is 0 Å². The molecular weight excluding hydrogens is 236 g/mol. The molecule has 1 aromatic rings. The van der Waals surface area contributed by atoms with Gasteiger partial charge < -0.3 is 10.2 Å². The number of nitrogens with zero attached hydrogens (tertiary/aromatic N) is 1. The highest BCUT2D eigenvalue weighted by Crippen LogP contribution is 2.26. The van der Waals surface area contributed by atoms with Crippen LogP contribution in [0.15, 0.2) is 24.3 Å². The molecule has 1 amide bonds. The van der Waals surface area contributed by atoms with Gasteiger partial charge in [0.05, 0.1) is 0 Å². The second-order valence-corrected chi connectivity index (χ2v) is 5.65. The largest absolute Gasteiger partial charge is 0.373 e. The normalized spacial score (nSPS) is 23.2. The van der Waals surface area contributed by atoms with Gasteiger partial charge in [0.15, 0.2) is 0 Å². The van der Waals surface area contributed by atoms with Gasteiger partial charge in [-0.15, -0.1) is 0 Å². The van der Waals surface area contributed by atoms with Crippen molar-refractivity contribution in [3.05, 3.63) is 29.8 Å². The lowest BCUT2D eigenvalue weighted by molar-refractivity contribution is -0.132. The molecule has 102 valence electrons. The Morgan fingerprint density at radius 2 is 1.74 bits per heavy atom. The number of rotatable bonds is 1. The Hall–Kier alpha value is -1.51. The van der Waals surface area contributed by atoms with Gasteiger partial charge in [0, 0.05) is 25.2 Å². The van der Waals surface area contributed by atoms with E-state index in [1.807, 2.05) is 12.1 Å². The molecule has 1 aromatic carbocycles. The molecule has 0 spiro atoms. The first-order valence-corrected chi connectivity index (χ1v) is 7.48. The van der Waals surface area contributed by atoms with Gasteiger partial charge in [-0.3, -0.25) is 4.79 Å². The fourth-order valence-electron chi connectivity index (χ4n) is 3.14. The van der Waals surface area contributed by atoms with Crippen molar-refractivity contribution in [1.82, 2.24) is 4.90 Å². The average molecular weight is 258 g/mol. The number of para-hydroxylation sites is 1. The molecule has 1 N–H and O–H groups in total. The topological polar surface area (TPSA) is 32.3 Å². The minimum absolute atomic E-state index is 0.0446. The first-order chi connectivity index (χ1) is 9.34. The number of nitrogens with one attached hydrogen (secondary N) is 1. The Kier molecular flexibility index (Phi) is 3.72. The fourth-order valence-corrected chi connectivity index (χ4v) is 3.14. The maximum absolute atomic E-state index is 12.6. The van der Waals surface area contributed by atoms with E-state index in [4.69, 9.17) is 0 Å². The number of benzene rings is 1. The zero-order valence-corrected chi connectivity index (χ0v) is 11.4. The number of anilines is 1. The number of amides is 1. The molecular formula is C16H22N2O. The van der Waals surface area contributed by atoms with Gasteiger partial charge in [-0.1, -0.05) is 37.5 Å². The Bertz CT molecular complexity index is 425. The summed E-state index contributed by atoms with van der Waals surface area (Å²) in [4.78, 5) is 14.7. The van der Waals surface area contributed by atoms with Gasteiger partial charge in [0.2, 0.25) is 5.91 Å². The molecule has 1 fully saturated rings. The highest BCUT2D eigenvalue weighted by Gasteiger charge is 2.29. The van der Waals surface area contributed by atoms with E-state index in [2.05, 4.69) is 22.3 Å². The molecule has 0 saturated carbocycles. The van der Waals surface area contributed by atoms with Crippen molar-refractivity contribution in [3.63, 3.8) is 0 Å². The van der Waals surface area contributed by atoms with Crippen LogP contribution in [-0.2, 0) is 11.2 Å². The Morgan fingerprint density at radius 1 is 1.05 bits per heavy atom. The van der Waals surface area contributed by atoms with Crippen molar-refractivity contribution < 1.29 is 4.79 Å². The van der Waals surface area contributed by atoms with Crippen LogP contribution in [0.1, 0.15) is 37.7 Å². The second kappa shape index (κ2) is 5.64. The standard InChI is InChI=1S/C16H22N2O/c19-16(18-10-6-2-1-3-7-11-18)15-12-13-8-4-5-9-14(13)17-15/h4-5,8-9,15,17H,1-3,6-7,10-12H2/t15-/m0/s1. The van der Waals surface area contributed by atoms with E-state index in [0.717, 1.165) is 38.0 Å². The van der Waals surface area contributed by atoms with E-state index < -0.39 is 0 Å². The summed E-state index contributed by atoms with van der Waals surface area (Å²) < 4.78 is 0. The number of hydrogen-bond acceptors (Lipinski definition) is 2. The lowest BCUT2D eigenvalue weighted by atomic mass is 10.1. The number of hydrogen-bond donors (Lipinski definition) is 1. The molecule has 3 nitrogen and oxygen atoms in total. The molecule has 19 heavy (non-hydrogen) atoms. The molecule has 1 saturated heterocycles. The molecule has 1 atom stereocenters. The molecule has 2 aliphatic heterocycles. The first-order valence-electron chi connectivity index (χ1n) is 7.48. The summed E-state index contributed by atoms with van der Waals surface area (Å²) in [6, 6.07) is 8.20. The number of carbonyl (C=O) groups excluding carboxylic acids is 1. The summed E-state index contributed by atoms with van der Waals surface area (Å²) >= 11 is 0. The van der Waals surface area contributed by atoms with Gasteiger partial charge in [-0.05, 0) is 24.5 Å². The van der Waals surface area contributed by atoms with Gasteiger partial charge >= 0.3 is 0 Å². The maximum atomic E-state index is 12.6. The van der Waals surface area contributed by atoms with E-state index in [9.17, 15) is 4.79 Å². The van der Waals surface area contributed by atoms with Crippen LogP contribution in [0.4, 0.5) is 5.69 Å². The predicted octanol–water partition coefficient (Wildman–Crippen LogP) is 2.82. The third kappa shape index (κ3) is 2.75. The van der Waals surface area contributed by atoms with Crippen LogP contribution in [0.5, 0.6) is 0 Å². The first kappa shape index (κ1) is 12.5. The molecule has 3 heteroatoms. The van der Waals surface area contributed by atoms with Crippen LogP contribution in [0, 0.1) is 0 Å². The third-order valence-corrected chi connectivity index (χ3v) is 4.24. The maximum Gasteiger partial charge on any atom is 0.245 e. The quantitative estimate of drug-likeness (QED) is 0.840. The number of fused-ring (bicyclic) bond motifs is 1. The molecule has 2 heterocycles. The summed E-state index contributed by atoms with van der Waals surface area (Å²) in [5, 5.41) is 3.38. The smallest absolute Gasteiger partial charge is 0.245 e. The monoisotopic (exact) mass is 258 g/mol. The Labute approximate surface area is 115 Å². The van der Waals surface area contributed by atoms with Crippen molar-refractivity contribution in [2.24, 2.45) is 0 Å². The summed E-state index contributed by atoms with van der Waals surface area (Å²) in [6.45, 7) is 1.88. The zero-order chi connectivity index (χ0) is 13.1. The van der Waals surface area contributed by atoms with Crippen molar-refractivity contribution in [3.8, 4) is 0 Å². The molecule has 3 rings (SSSR count). The van der Waals surface area contributed by atoms with Gasteiger partial charge in [-0.2, -0.15) is 0 Å². The number of carbonyl (C=O) groups is 1. The zero-order valence-electron chi connectivity index (χ0n) is 11.4. The van der Waals surface area contributed by atoms with Crippen molar-refractivity contribution >= 4 is 11.6 Å². The van der Waals surface area contributed by atoms with Crippen LogP contribution in [0.3, 0.4) is 0 Å². The number of likely N-dealkylation sites (tertiary alicyclic amines) is 1. The van der Waals surface area contributed by atoms with Crippen LogP contribution < -0.4 is 5.32 Å². The summed E-state index contributed by atoms with van der Waals surface area (Å²) in [6.07, 6.45) is 7.02. The van der Waals surface area contributed by atoms with Crippen LogP contribution in [0.25, 0.3) is 0 Å². The fraction of sp³-hybridized carbons (Fsp3) is 0.562. The summed E-state index contributed by atoms with van der Waals surface area (Å²) in [5.74, 6) is 0.290. The summed E-state index contributed by atoms with van der Waals surface area (Å²) in [5.41, 5.74) is 2.40. The summed E-state index contributed by atoms with van der Waals surface area (Å²) in [7, 11) is 0. The van der Waals surface area contributed by atoms with E-state index in [0.29, 0.717) is 0 Å². The predicted molar refractivity (Wildman–Crippen MR) is 77.2 cm³/mol. The minimum atomic E-state index is -0.0446. The van der Waals surface area contributed by atoms with Crippen LogP contribution >= 0.6 is 0 Å². The van der Waals surface area contributed by atoms with Crippen molar-refractivity contribution in [2.45, 2.75) is 44.6 Å². The Balaban J connectivity index is 1.65. The highest BCUT2D eigenvalue weighted by molar-refractivity contribution is 5.87. The molecule has 0 aliphatic carbocycles. The van der Waals surface area contributed by atoms with Crippen molar-refractivity contribution in [1.29, 1.82) is 0 Å². The van der Waals surface area contributed by atoms with E-state index in [1.165, 1.54) is 24.8 Å². The van der Waals surface area contributed by atoms with E-state index in [-0.39, 0.29) is 11.9 Å². The van der Waals surface area contributed by atoms with E-state index in [1.54, 1.807) is 0 Å². The molecule has 0 bridgehead atoms. The lowest BCUT2D eigenvalue weighted by Gasteiger charge is -2.27. The molecule has 0 radical (unpaired) electrons. The average Bonchev–Trinajstić information content (AvgIpc) is 2.81. The SMILES string of the molecule is O=C([C@@H]1Cc2ccccc2N1)N1CCCCCCC1. The van der Waals surface area contributed by atoms with Crippen molar-refractivity contribution in [2.75, 3.05) is 18.4 Å². The van der Waals surface area contributed by atoms with Crippen LogP contribution in [0.2, 0.25) is 0 Å². The molecule has 0 unspecified atom stereocenters. The third-order valence-electron chi connectivity index (χ3n) is 4.24. The lowest BCUT2D eigenvalue weighted by Crippen LogP contribution is -2.43. The van der Waals surface area contributed by atoms with Gasteiger partial charge in [0.1, 0.15) is 6.04 Å². The molecule has 2 aliphatic rings. The molecule has 0 aromatic heterocycles. The van der Waals surface area contributed by atoms with Gasteiger partial charge in [-0.25, -0.2) is 0 Å². The van der Waals surface area contributed by atoms with E-state index >= 15 is 0 Å². The second-order valence-electron chi connectivity index (χ2n) is 5.65. The van der Waals surface area contributed by atoms with Crippen LogP contribution in [-0.4, -0.2) is 29.9 Å². The minimum Gasteiger partial charge on any atom is -0.373 e. The Morgan fingerprint density at radius 3 is 2.47 bits per heavy atom. The highest BCUT2D eigenvalue weighted by atomic mass is 16.2.